The van der Waals surface area contributed by atoms with Crippen molar-refractivity contribution in [3.8, 4) is 0 Å². The molecule has 1 saturated carbocycles. The average molecular weight is 427 g/mol. The number of carbonyl (C=O) groups is 2. The van der Waals surface area contributed by atoms with Crippen molar-refractivity contribution in [2.75, 3.05) is 0 Å². The van der Waals surface area contributed by atoms with E-state index in [0.717, 1.165) is 42.4 Å². The molecule has 1 atom stereocenters. The van der Waals surface area contributed by atoms with Crippen LogP contribution in [-0.4, -0.2) is 28.8 Å². The number of rotatable bonds is 7. The van der Waals surface area contributed by atoms with E-state index in [1.165, 1.54) is 6.42 Å². The summed E-state index contributed by atoms with van der Waals surface area (Å²) in [6.07, 6.45) is 5.86. The Balaban J connectivity index is 1.74. The molecule has 30 heavy (non-hydrogen) atoms. The Kier molecular flexibility index (Phi) is 7.92. The second-order valence-corrected chi connectivity index (χ2v) is 8.77. The van der Waals surface area contributed by atoms with Gasteiger partial charge in [0.1, 0.15) is 6.04 Å². The predicted octanol–water partition coefficient (Wildman–Crippen LogP) is 5.06. The van der Waals surface area contributed by atoms with Gasteiger partial charge in [-0.2, -0.15) is 0 Å². The van der Waals surface area contributed by atoms with E-state index in [2.05, 4.69) is 5.32 Å². The van der Waals surface area contributed by atoms with E-state index in [4.69, 9.17) is 11.6 Å². The number of hydrogen-bond donors (Lipinski definition) is 1. The SMILES string of the molecule is Cc1ccc(CC(=O)N(Cc2ccc(Cl)cc2)[C@H](C)C(=O)NC2CCCCC2)cc1. The maximum atomic E-state index is 13.2. The molecule has 0 spiro atoms. The molecule has 2 aromatic carbocycles. The van der Waals surface area contributed by atoms with Gasteiger partial charge in [0.25, 0.3) is 0 Å². The monoisotopic (exact) mass is 426 g/mol. The van der Waals surface area contributed by atoms with Crippen LogP contribution in [0.15, 0.2) is 48.5 Å². The number of aryl methyl sites for hydroxylation is 1. The van der Waals surface area contributed by atoms with Crippen molar-refractivity contribution < 1.29 is 9.59 Å². The number of amides is 2. The van der Waals surface area contributed by atoms with Gasteiger partial charge in [-0.15, -0.1) is 0 Å². The van der Waals surface area contributed by atoms with Crippen molar-refractivity contribution in [3.63, 3.8) is 0 Å². The molecule has 1 aliphatic rings. The molecule has 1 aliphatic carbocycles. The summed E-state index contributed by atoms with van der Waals surface area (Å²) in [6, 6.07) is 15.1. The Morgan fingerprint density at radius 1 is 1.00 bits per heavy atom. The Morgan fingerprint density at radius 3 is 2.23 bits per heavy atom. The van der Waals surface area contributed by atoms with Crippen LogP contribution in [0.5, 0.6) is 0 Å². The predicted molar refractivity (Wildman–Crippen MR) is 121 cm³/mol. The van der Waals surface area contributed by atoms with Gasteiger partial charge in [0, 0.05) is 17.6 Å². The highest BCUT2D eigenvalue weighted by molar-refractivity contribution is 6.30. The Labute approximate surface area is 184 Å². The van der Waals surface area contributed by atoms with E-state index in [9.17, 15) is 9.59 Å². The van der Waals surface area contributed by atoms with Gasteiger partial charge in [0.05, 0.1) is 6.42 Å². The fourth-order valence-corrected chi connectivity index (χ4v) is 4.05. The highest BCUT2D eigenvalue weighted by Gasteiger charge is 2.28. The molecule has 0 radical (unpaired) electrons. The first-order chi connectivity index (χ1) is 14.4. The molecular weight excluding hydrogens is 396 g/mol. The number of carbonyl (C=O) groups excluding carboxylic acids is 2. The van der Waals surface area contributed by atoms with Gasteiger partial charge in [-0.25, -0.2) is 0 Å². The molecule has 3 rings (SSSR count). The third kappa shape index (κ3) is 6.33. The normalized spacial score (nSPS) is 15.4. The molecule has 0 saturated heterocycles. The lowest BCUT2D eigenvalue weighted by Gasteiger charge is -2.31. The first-order valence-electron chi connectivity index (χ1n) is 10.8. The molecule has 1 fully saturated rings. The van der Waals surface area contributed by atoms with Crippen LogP contribution in [0.25, 0.3) is 0 Å². The summed E-state index contributed by atoms with van der Waals surface area (Å²) in [6.45, 7) is 4.22. The molecule has 0 heterocycles. The standard InChI is InChI=1S/C25H31ClN2O2/c1-18-8-10-20(11-9-18)16-24(29)28(17-21-12-14-22(26)15-13-21)19(2)25(30)27-23-6-4-3-5-7-23/h8-15,19,23H,3-7,16-17H2,1-2H3,(H,27,30)/t19-/m1/s1. The summed E-state index contributed by atoms with van der Waals surface area (Å²) in [4.78, 5) is 27.9. The first-order valence-corrected chi connectivity index (χ1v) is 11.2. The molecule has 2 aromatic rings. The highest BCUT2D eigenvalue weighted by atomic mass is 35.5. The van der Waals surface area contributed by atoms with Gasteiger partial charge in [-0.1, -0.05) is 72.8 Å². The van der Waals surface area contributed by atoms with Crippen molar-refractivity contribution in [2.45, 2.75) is 71.0 Å². The third-order valence-corrected chi connectivity index (χ3v) is 6.11. The average Bonchev–Trinajstić information content (AvgIpc) is 2.75. The van der Waals surface area contributed by atoms with Crippen LogP contribution >= 0.6 is 11.6 Å². The van der Waals surface area contributed by atoms with E-state index in [0.29, 0.717) is 11.6 Å². The number of halogens is 1. The van der Waals surface area contributed by atoms with E-state index in [1.54, 1.807) is 4.90 Å². The second-order valence-electron chi connectivity index (χ2n) is 8.33. The first kappa shape index (κ1) is 22.4. The minimum atomic E-state index is -0.541. The lowest BCUT2D eigenvalue weighted by Crippen LogP contribution is -2.50. The van der Waals surface area contributed by atoms with Crippen LogP contribution < -0.4 is 5.32 Å². The van der Waals surface area contributed by atoms with Crippen LogP contribution in [-0.2, 0) is 22.6 Å². The highest BCUT2D eigenvalue weighted by Crippen LogP contribution is 2.19. The molecule has 2 amide bonds. The summed E-state index contributed by atoms with van der Waals surface area (Å²) in [5.74, 6) is -0.131. The maximum absolute atomic E-state index is 13.2. The second kappa shape index (κ2) is 10.6. The summed E-state index contributed by atoms with van der Waals surface area (Å²) in [5, 5.41) is 3.82. The van der Waals surface area contributed by atoms with Gasteiger partial charge >= 0.3 is 0 Å². The quantitative estimate of drug-likeness (QED) is 0.672. The molecule has 160 valence electrons. The van der Waals surface area contributed by atoms with Crippen molar-refractivity contribution in [2.24, 2.45) is 0 Å². The molecule has 0 bridgehead atoms. The molecule has 0 unspecified atom stereocenters. The molecule has 0 aliphatic heterocycles. The van der Waals surface area contributed by atoms with Crippen LogP contribution in [0.1, 0.15) is 55.7 Å². The molecule has 1 N–H and O–H groups in total. The van der Waals surface area contributed by atoms with E-state index >= 15 is 0 Å². The Hall–Kier alpha value is -2.33. The minimum Gasteiger partial charge on any atom is -0.352 e. The zero-order valence-corrected chi connectivity index (χ0v) is 18.6. The zero-order chi connectivity index (χ0) is 21.5. The molecule has 5 heteroatoms. The minimum absolute atomic E-state index is 0.0555. The van der Waals surface area contributed by atoms with Crippen LogP contribution in [0, 0.1) is 6.92 Å². The van der Waals surface area contributed by atoms with Crippen molar-refractivity contribution in [1.29, 1.82) is 0 Å². The Morgan fingerprint density at radius 2 is 1.60 bits per heavy atom. The smallest absolute Gasteiger partial charge is 0.242 e. The molecular formula is C25H31ClN2O2. The summed E-state index contributed by atoms with van der Waals surface area (Å²) in [5.41, 5.74) is 3.06. The summed E-state index contributed by atoms with van der Waals surface area (Å²) in [7, 11) is 0. The molecule has 0 aromatic heterocycles. The number of nitrogens with zero attached hydrogens (tertiary/aromatic N) is 1. The maximum Gasteiger partial charge on any atom is 0.242 e. The van der Waals surface area contributed by atoms with Gasteiger partial charge in [-0.3, -0.25) is 9.59 Å². The summed E-state index contributed by atoms with van der Waals surface area (Å²) < 4.78 is 0. The number of hydrogen-bond acceptors (Lipinski definition) is 2. The van der Waals surface area contributed by atoms with Crippen LogP contribution in [0.3, 0.4) is 0 Å². The fourth-order valence-electron chi connectivity index (χ4n) is 3.92. The van der Waals surface area contributed by atoms with Crippen molar-refractivity contribution in [1.82, 2.24) is 10.2 Å². The fraction of sp³-hybridized carbons (Fsp3) is 0.440. The van der Waals surface area contributed by atoms with Crippen molar-refractivity contribution >= 4 is 23.4 Å². The van der Waals surface area contributed by atoms with Gasteiger partial charge in [-0.05, 0) is 49.9 Å². The van der Waals surface area contributed by atoms with Crippen molar-refractivity contribution in [3.05, 3.63) is 70.2 Å². The lowest BCUT2D eigenvalue weighted by molar-refractivity contribution is -0.140. The van der Waals surface area contributed by atoms with E-state index in [1.807, 2.05) is 62.4 Å². The van der Waals surface area contributed by atoms with Crippen LogP contribution in [0.4, 0.5) is 0 Å². The summed E-state index contributed by atoms with van der Waals surface area (Å²) >= 11 is 6.01. The van der Waals surface area contributed by atoms with E-state index in [-0.39, 0.29) is 24.3 Å². The molecule has 4 nitrogen and oxygen atoms in total. The van der Waals surface area contributed by atoms with Gasteiger partial charge < -0.3 is 10.2 Å². The van der Waals surface area contributed by atoms with E-state index < -0.39 is 6.04 Å². The zero-order valence-electron chi connectivity index (χ0n) is 17.9. The topological polar surface area (TPSA) is 49.4 Å². The number of benzene rings is 2. The number of nitrogens with one attached hydrogen (secondary N) is 1. The van der Waals surface area contributed by atoms with Crippen LogP contribution in [0.2, 0.25) is 5.02 Å². The third-order valence-electron chi connectivity index (χ3n) is 5.86. The van der Waals surface area contributed by atoms with Gasteiger partial charge in [0.15, 0.2) is 0 Å². The van der Waals surface area contributed by atoms with Gasteiger partial charge in [0.2, 0.25) is 11.8 Å². The lowest BCUT2D eigenvalue weighted by atomic mass is 9.95. The Bertz CT molecular complexity index is 842. The largest absolute Gasteiger partial charge is 0.352 e.